The van der Waals surface area contributed by atoms with Gasteiger partial charge in [-0.2, -0.15) is 0 Å². The average Bonchev–Trinajstić information content (AvgIpc) is 2.45. The standard InChI is InChI=1S/C14H13ClN2O2/c15-12-6-4-11(5-7-12)9-17-13(18)10-19-14-3-1-2-8-16-14/h1-8H,9-10H2,(H,17,18). The number of nitrogens with zero attached hydrogens (tertiary/aromatic N) is 1. The molecule has 0 aliphatic heterocycles. The van der Waals surface area contributed by atoms with Crippen molar-refractivity contribution in [2.75, 3.05) is 6.61 Å². The molecule has 1 N–H and O–H groups in total. The number of amides is 1. The molecule has 19 heavy (non-hydrogen) atoms. The third-order valence-electron chi connectivity index (χ3n) is 2.39. The molecule has 98 valence electrons. The molecule has 4 nitrogen and oxygen atoms in total. The van der Waals surface area contributed by atoms with E-state index in [0.29, 0.717) is 17.4 Å². The van der Waals surface area contributed by atoms with Crippen LogP contribution in [-0.2, 0) is 11.3 Å². The number of carbonyl (C=O) groups excluding carboxylic acids is 1. The molecule has 2 rings (SSSR count). The summed E-state index contributed by atoms with van der Waals surface area (Å²) < 4.78 is 5.23. The van der Waals surface area contributed by atoms with Gasteiger partial charge in [0, 0.05) is 23.8 Å². The Morgan fingerprint density at radius 2 is 2.00 bits per heavy atom. The zero-order chi connectivity index (χ0) is 13.5. The van der Waals surface area contributed by atoms with Gasteiger partial charge in [0.2, 0.25) is 5.88 Å². The summed E-state index contributed by atoms with van der Waals surface area (Å²) in [4.78, 5) is 15.5. The number of ether oxygens (including phenoxy) is 1. The van der Waals surface area contributed by atoms with E-state index in [0.717, 1.165) is 5.56 Å². The molecule has 1 aromatic heterocycles. The van der Waals surface area contributed by atoms with Crippen molar-refractivity contribution in [3.05, 3.63) is 59.2 Å². The fourth-order valence-corrected chi connectivity index (χ4v) is 1.55. The van der Waals surface area contributed by atoms with E-state index in [2.05, 4.69) is 10.3 Å². The number of halogens is 1. The zero-order valence-electron chi connectivity index (χ0n) is 10.2. The number of hydrogen-bond acceptors (Lipinski definition) is 3. The van der Waals surface area contributed by atoms with Crippen LogP contribution in [0.4, 0.5) is 0 Å². The van der Waals surface area contributed by atoms with Crippen molar-refractivity contribution in [1.82, 2.24) is 10.3 Å². The van der Waals surface area contributed by atoms with Crippen LogP contribution in [0, 0.1) is 0 Å². The van der Waals surface area contributed by atoms with Gasteiger partial charge in [0.05, 0.1) is 0 Å². The molecule has 0 bridgehead atoms. The SMILES string of the molecule is O=C(COc1ccccn1)NCc1ccc(Cl)cc1. The van der Waals surface area contributed by atoms with Gasteiger partial charge in [-0.1, -0.05) is 29.8 Å². The number of nitrogens with one attached hydrogen (secondary N) is 1. The maximum absolute atomic E-state index is 11.6. The van der Waals surface area contributed by atoms with Crippen molar-refractivity contribution in [2.24, 2.45) is 0 Å². The van der Waals surface area contributed by atoms with Crippen LogP contribution >= 0.6 is 11.6 Å². The summed E-state index contributed by atoms with van der Waals surface area (Å²) in [6.07, 6.45) is 1.61. The summed E-state index contributed by atoms with van der Waals surface area (Å²) in [5.41, 5.74) is 0.982. The first-order chi connectivity index (χ1) is 9.24. The largest absolute Gasteiger partial charge is 0.468 e. The van der Waals surface area contributed by atoms with E-state index in [1.54, 1.807) is 36.5 Å². The molecule has 0 atom stereocenters. The molecule has 0 aliphatic carbocycles. The second-order valence-electron chi connectivity index (χ2n) is 3.86. The molecule has 5 heteroatoms. The lowest BCUT2D eigenvalue weighted by Crippen LogP contribution is -2.28. The Balaban J connectivity index is 1.74. The summed E-state index contributed by atoms with van der Waals surface area (Å²) in [6.45, 7) is 0.395. The second kappa shape index (κ2) is 6.75. The van der Waals surface area contributed by atoms with E-state index < -0.39 is 0 Å². The van der Waals surface area contributed by atoms with Crippen molar-refractivity contribution in [3.63, 3.8) is 0 Å². The van der Waals surface area contributed by atoms with Crippen molar-refractivity contribution in [1.29, 1.82) is 0 Å². The van der Waals surface area contributed by atoms with Gasteiger partial charge < -0.3 is 10.1 Å². The quantitative estimate of drug-likeness (QED) is 0.912. The summed E-state index contributed by atoms with van der Waals surface area (Å²) in [5.74, 6) is 0.241. The fourth-order valence-electron chi connectivity index (χ4n) is 1.43. The van der Waals surface area contributed by atoms with Gasteiger partial charge >= 0.3 is 0 Å². The minimum Gasteiger partial charge on any atom is -0.468 e. The topological polar surface area (TPSA) is 51.2 Å². The highest BCUT2D eigenvalue weighted by molar-refractivity contribution is 6.30. The molecule has 1 amide bonds. The highest BCUT2D eigenvalue weighted by Crippen LogP contribution is 2.09. The Kier molecular flexibility index (Phi) is 4.75. The Morgan fingerprint density at radius 1 is 1.21 bits per heavy atom. The molecule has 1 aromatic carbocycles. The lowest BCUT2D eigenvalue weighted by Gasteiger charge is -2.06. The van der Waals surface area contributed by atoms with Crippen LogP contribution in [0.15, 0.2) is 48.7 Å². The molecule has 1 heterocycles. The molecule has 0 saturated carbocycles. The summed E-state index contributed by atoms with van der Waals surface area (Å²) >= 11 is 5.78. The summed E-state index contributed by atoms with van der Waals surface area (Å²) in [5, 5.41) is 3.43. The first-order valence-electron chi connectivity index (χ1n) is 5.79. The minimum absolute atomic E-state index is 0.0510. The highest BCUT2D eigenvalue weighted by Gasteiger charge is 2.03. The molecular formula is C14H13ClN2O2. The van der Waals surface area contributed by atoms with E-state index >= 15 is 0 Å². The van der Waals surface area contributed by atoms with Crippen LogP contribution in [-0.4, -0.2) is 17.5 Å². The molecule has 2 aromatic rings. The van der Waals surface area contributed by atoms with Gasteiger partial charge in [-0.05, 0) is 23.8 Å². The van der Waals surface area contributed by atoms with E-state index in [-0.39, 0.29) is 12.5 Å². The Morgan fingerprint density at radius 3 is 2.68 bits per heavy atom. The molecule has 0 spiro atoms. The Hall–Kier alpha value is -2.07. The van der Waals surface area contributed by atoms with Crippen molar-refractivity contribution >= 4 is 17.5 Å². The predicted molar refractivity (Wildman–Crippen MR) is 73.0 cm³/mol. The summed E-state index contributed by atoms with van der Waals surface area (Å²) in [7, 11) is 0. The average molecular weight is 277 g/mol. The van der Waals surface area contributed by atoms with Crippen molar-refractivity contribution in [2.45, 2.75) is 6.54 Å². The molecule has 0 aliphatic rings. The van der Waals surface area contributed by atoms with Gasteiger partial charge in [0.1, 0.15) is 0 Å². The lowest BCUT2D eigenvalue weighted by molar-refractivity contribution is -0.123. The molecule has 0 fully saturated rings. The van der Waals surface area contributed by atoms with Gasteiger partial charge in [0.25, 0.3) is 5.91 Å². The van der Waals surface area contributed by atoms with Gasteiger partial charge in [-0.15, -0.1) is 0 Å². The Labute approximate surface area is 116 Å². The maximum atomic E-state index is 11.6. The molecular weight excluding hydrogens is 264 g/mol. The van der Waals surface area contributed by atoms with Crippen LogP contribution in [0.25, 0.3) is 0 Å². The smallest absolute Gasteiger partial charge is 0.258 e. The number of benzene rings is 1. The highest BCUT2D eigenvalue weighted by atomic mass is 35.5. The Bertz CT molecular complexity index is 529. The fraction of sp³-hybridized carbons (Fsp3) is 0.143. The first-order valence-corrected chi connectivity index (χ1v) is 6.17. The number of hydrogen-bond donors (Lipinski definition) is 1. The monoisotopic (exact) mass is 276 g/mol. The molecule has 0 radical (unpaired) electrons. The van der Waals surface area contributed by atoms with Crippen molar-refractivity contribution < 1.29 is 9.53 Å². The lowest BCUT2D eigenvalue weighted by atomic mass is 10.2. The third-order valence-corrected chi connectivity index (χ3v) is 2.64. The van der Waals surface area contributed by atoms with E-state index in [4.69, 9.17) is 16.3 Å². The van der Waals surface area contributed by atoms with Gasteiger partial charge in [0.15, 0.2) is 6.61 Å². The third kappa shape index (κ3) is 4.60. The van der Waals surface area contributed by atoms with Gasteiger partial charge in [-0.3, -0.25) is 4.79 Å². The van der Waals surface area contributed by atoms with Crippen LogP contribution in [0.2, 0.25) is 5.02 Å². The van der Waals surface area contributed by atoms with Crippen molar-refractivity contribution in [3.8, 4) is 5.88 Å². The zero-order valence-corrected chi connectivity index (χ0v) is 10.9. The van der Waals surface area contributed by atoms with E-state index in [9.17, 15) is 4.79 Å². The normalized spacial score (nSPS) is 9.95. The first kappa shape index (κ1) is 13.4. The van der Waals surface area contributed by atoms with Crippen LogP contribution in [0.5, 0.6) is 5.88 Å². The maximum Gasteiger partial charge on any atom is 0.258 e. The number of rotatable bonds is 5. The molecule has 0 saturated heterocycles. The van der Waals surface area contributed by atoms with Crippen LogP contribution < -0.4 is 10.1 Å². The van der Waals surface area contributed by atoms with E-state index in [1.807, 2.05) is 12.1 Å². The van der Waals surface area contributed by atoms with Crippen LogP contribution in [0.1, 0.15) is 5.56 Å². The predicted octanol–water partition coefficient (Wildman–Crippen LogP) is 2.43. The number of carbonyl (C=O) groups is 1. The van der Waals surface area contributed by atoms with Crippen LogP contribution in [0.3, 0.4) is 0 Å². The summed E-state index contributed by atoms with van der Waals surface area (Å²) in [6, 6.07) is 12.6. The number of pyridine rings is 1. The van der Waals surface area contributed by atoms with E-state index in [1.165, 1.54) is 0 Å². The minimum atomic E-state index is -0.194. The second-order valence-corrected chi connectivity index (χ2v) is 4.30. The van der Waals surface area contributed by atoms with Gasteiger partial charge in [-0.25, -0.2) is 4.98 Å². The number of aromatic nitrogens is 1. The molecule has 0 unspecified atom stereocenters.